The van der Waals surface area contributed by atoms with Crippen molar-refractivity contribution in [2.45, 2.75) is 56.5 Å². The van der Waals surface area contributed by atoms with Gasteiger partial charge in [-0.2, -0.15) is 0 Å². The fraction of sp³-hybridized carbons (Fsp3) is 0.476. The van der Waals surface area contributed by atoms with Crippen molar-refractivity contribution in [2.75, 3.05) is 6.61 Å². The summed E-state index contributed by atoms with van der Waals surface area (Å²) in [5.41, 5.74) is 11.7. The third-order valence-corrected chi connectivity index (χ3v) is 4.90. The molecule has 0 aromatic heterocycles. The third-order valence-electron chi connectivity index (χ3n) is 4.90. The van der Waals surface area contributed by atoms with E-state index in [4.69, 9.17) is 21.7 Å². The number of phenols is 1. The monoisotopic (exact) mass is 497 g/mol. The maximum absolute atomic E-state index is 12.8. The molecule has 0 saturated carbocycles. The maximum Gasteiger partial charge on any atom is 0.328 e. The van der Waals surface area contributed by atoms with E-state index in [0.29, 0.717) is 5.56 Å². The SMILES string of the molecule is CC(O)C(NC(=O)C(CCC(N)=O)NC(=O)C(N)Cc1ccc(O)cc1)C(=O)NC(CO)C(=O)O. The molecule has 0 spiro atoms. The second-order valence-corrected chi connectivity index (χ2v) is 7.85. The Kier molecular flexibility index (Phi) is 11.6. The van der Waals surface area contributed by atoms with E-state index in [2.05, 4.69) is 10.6 Å². The first-order valence-electron chi connectivity index (χ1n) is 10.6. The summed E-state index contributed by atoms with van der Waals surface area (Å²) >= 11 is 0. The molecule has 35 heavy (non-hydrogen) atoms. The van der Waals surface area contributed by atoms with E-state index in [1.54, 1.807) is 12.1 Å². The van der Waals surface area contributed by atoms with E-state index in [1.807, 2.05) is 5.32 Å². The van der Waals surface area contributed by atoms with Crippen LogP contribution in [0.4, 0.5) is 0 Å². The average molecular weight is 498 g/mol. The molecule has 1 aromatic carbocycles. The number of aliphatic hydroxyl groups excluding tert-OH is 2. The zero-order valence-electron chi connectivity index (χ0n) is 19.0. The number of hydrogen-bond donors (Lipinski definition) is 9. The van der Waals surface area contributed by atoms with E-state index in [1.165, 1.54) is 12.1 Å². The van der Waals surface area contributed by atoms with Crippen molar-refractivity contribution in [1.29, 1.82) is 0 Å². The minimum Gasteiger partial charge on any atom is -0.508 e. The van der Waals surface area contributed by atoms with Crippen molar-refractivity contribution in [3.63, 3.8) is 0 Å². The molecule has 5 atom stereocenters. The molecule has 14 nitrogen and oxygen atoms in total. The molecule has 0 saturated heterocycles. The first-order valence-corrected chi connectivity index (χ1v) is 10.6. The van der Waals surface area contributed by atoms with Gasteiger partial charge in [-0.1, -0.05) is 12.1 Å². The van der Waals surface area contributed by atoms with E-state index < -0.39 is 66.5 Å². The minimum atomic E-state index is -1.68. The van der Waals surface area contributed by atoms with Gasteiger partial charge in [0.2, 0.25) is 23.6 Å². The smallest absolute Gasteiger partial charge is 0.328 e. The summed E-state index contributed by atoms with van der Waals surface area (Å²) in [6, 6.07) is 0.137. The number of nitrogens with one attached hydrogen (secondary N) is 3. The highest BCUT2D eigenvalue weighted by Crippen LogP contribution is 2.11. The van der Waals surface area contributed by atoms with Gasteiger partial charge in [0.15, 0.2) is 0 Å². The molecule has 0 aliphatic rings. The van der Waals surface area contributed by atoms with Crippen LogP contribution < -0.4 is 27.4 Å². The van der Waals surface area contributed by atoms with Crippen LogP contribution in [0.15, 0.2) is 24.3 Å². The molecule has 0 radical (unpaired) electrons. The van der Waals surface area contributed by atoms with Gasteiger partial charge >= 0.3 is 5.97 Å². The fourth-order valence-electron chi connectivity index (χ4n) is 2.92. The molecule has 5 unspecified atom stereocenters. The number of nitrogens with two attached hydrogens (primary N) is 2. The summed E-state index contributed by atoms with van der Waals surface area (Å²) in [7, 11) is 0. The largest absolute Gasteiger partial charge is 0.508 e. The van der Waals surface area contributed by atoms with Crippen molar-refractivity contribution < 1.29 is 44.4 Å². The van der Waals surface area contributed by atoms with E-state index >= 15 is 0 Å². The predicted octanol–water partition coefficient (Wildman–Crippen LogP) is -3.56. The molecule has 14 heteroatoms. The van der Waals surface area contributed by atoms with Gasteiger partial charge in [0.05, 0.1) is 18.8 Å². The number of benzene rings is 1. The Hall–Kier alpha value is -3.75. The van der Waals surface area contributed by atoms with Crippen molar-refractivity contribution in [2.24, 2.45) is 11.5 Å². The summed E-state index contributed by atoms with van der Waals surface area (Å²) in [6.07, 6.45) is -1.98. The summed E-state index contributed by atoms with van der Waals surface area (Å²) < 4.78 is 0. The molecule has 1 aromatic rings. The Bertz CT molecular complexity index is 907. The van der Waals surface area contributed by atoms with Crippen LogP contribution in [-0.2, 0) is 30.4 Å². The molecule has 0 aliphatic carbocycles. The van der Waals surface area contributed by atoms with Crippen molar-refractivity contribution in [3.8, 4) is 5.75 Å². The number of aliphatic carboxylic acids is 1. The molecule has 11 N–H and O–H groups in total. The lowest BCUT2D eigenvalue weighted by molar-refractivity contribution is -0.144. The highest BCUT2D eigenvalue weighted by Gasteiger charge is 2.32. The zero-order chi connectivity index (χ0) is 26.7. The number of amides is 4. The molecule has 0 heterocycles. The highest BCUT2D eigenvalue weighted by molar-refractivity contribution is 5.94. The van der Waals surface area contributed by atoms with Gasteiger partial charge in [0, 0.05) is 6.42 Å². The Morgan fingerprint density at radius 3 is 2.00 bits per heavy atom. The van der Waals surface area contributed by atoms with Crippen LogP contribution in [0.2, 0.25) is 0 Å². The van der Waals surface area contributed by atoms with Crippen molar-refractivity contribution >= 4 is 29.6 Å². The number of aromatic hydroxyl groups is 1. The summed E-state index contributed by atoms with van der Waals surface area (Å²) in [6.45, 7) is 0.224. The van der Waals surface area contributed by atoms with Gasteiger partial charge in [-0.05, 0) is 37.5 Å². The number of carbonyl (C=O) groups is 5. The topological polar surface area (TPSA) is 254 Å². The Morgan fingerprint density at radius 2 is 1.51 bits per heavy atom. The number of carboxylic acids is 1. The number of rotatable bonds is 14. The second-order valence-electron chi connectivity index (χ2n) is 7.85. The molecule has 4 amide bonds. The number of carbonyl (C=O) groups excluding carboxylic acids is 4. The van der Waals surface area contributed by atoms with Crippen LogP contribution in [0.3, 0.4) is 0 Å². The Balaban J connectivity index is 2.94. The van der Waals surface area contributed by atoms with Crippen LogP contribution in [0.1, 0.15) is 25.3 Å². The van der Waals surface area contributed by atoms with Crippen LogP contribution in [-0.4, -0.2) is 86.9 Å². The Morgan fingerprint density at radius 1 is 0.943 bits per heavy atom. The molecular weight excluding hydrogens is 466 g/mol. The normalized spacial score (nSPS) is 15.1. The van der Waals surface area contributed by atoms with Crippen molar-refractivity contribution in [3.05, 3.63) is 29.8 Å². The number of aliphatic hydroxyl groups is 2. The first-order chi connectivity index (χ1) is 16.3. The molecular formula is C21H31N5O9. The summed E-state index contributed by atoms with van der Waals surface area (Å²) in [4.78, 5) is 60.0. The summed E-state index contributed by atoms with van der Waals surface area (Å²) in [5.74, 6) is -5.09. The first kappa shape index (κ1) is 29.3. The maximum atomic E-state index is 12.8. The molecule has 0 aliphatic heterocycles. The fourth-order valence-corrected chi connectivity index (χ4v) is 2.92. The van der Waals surface area contributed by atoms with Gasteiger partial charge < -0.3 is 47.8 Å². The summed E-state index contributed by atoms with van der Waals surface area (Å²) in [5, 5.41) is 43.8. The van der Waals surface area contributed by atoms with E-state index in [9.17, 15) is 34.2 Å². The van der Waals surface area contributed by atoms with Gasteiger partial charge in [0.25, 0.3) is 0 Å². The third kappa shape index (κ3) is 9.95. The quantitative estimate of drug-likeness (QED) is 0.122. The van der Waals surface area contributed by atoms with Crippen LogP contribution >= 0.6 is 0 Å². The number of carboxylic acid groups (broad SMARTS) is 1. The van der Waals surface area contributed by atoms with Gasteiger partial charge in [0.1, 0.15) is 23.9 Å². The molecule has 0 bridgehead atoms. The molecule has 0 fully saturated rings. The molecule has 1 rings (SSSR count). The Labute approximate surface area is 200 Å². The minimum absolute atomic E-state index is 0.0281. The van der Waals surface area contributed by atoms with E-state index in [0.717, 1.165) is 6.92 Å². The van der Waals surface area contributed by atoms with Gasteiger partial charge in [-0.25, -0.2) is 4.79 Å². The number of primary amides is 1. The molecule has 194 valence electrons. The van der Waals surface area contributed by atoms with Crippen molar-refractivity contribution in [1.82, 2.24) is 16.0 Å². The van der Waals surface area contributed by atoms with Crippen LogP contribution in [0, 0.1) is 0 Å². The highest BCUT2D eigenvalue weighted by atomic mass is 16.4. The standard InChI is InChI=1S/C21H31N5O9/c1-10(28)17(20(33)25-15(9-27)21(34)35)26-19(32)14(6-7-16(23)30)24-18(31)13(22)8-11-2-4-12(29)5-3-11/h2-5,10,13-15,17,27-29H,6-9,22H2,1H3,(H2,23,30)(H,24,31)(H,25,33)(H,26,32)(H,34,35). The zero-order valence-corrected chi connectivity index (χ0v) is 19.0. The number of phenolic OH excluding ortho intramolecular Hbond substituents is 1. The van der Waals surface area contributed by atoms with Gasteiger partial charge in [-0.15, -0.1) is 0 Å². The number of hydrogen-bond acceptors (Lipinski definition) is 9. The lowest BCUT2D eigenvalue weighted by Gasteiger charge is -2.26. The van der Waals surface area contributed by atoms with Crippen LogP contribution in [0.5, 0.6) is 5.75 Å². The lowest BCUT2D eigenvalue weighted by atomic mass is 10.0. The second kappa shape index (κ2) is 13.8. The van der Waals surface area contributed by atoms with E-state index in [-0.39, 0.29) is 25.0 Å². The van der Waals surface area contributed by atoms with Gasteiger partial charge in [-0.3, -0.25) is 19.2 Å². The average Bonchev–Trinajstić information content (AvgIpc) is 2.78. The van der Waals surface area contributed by atoms with Crippen LogP contribution in [0.25, 0.3) is 0 Å². The lowest BCUT2D eigenvalue weighted by Crippen LogP contribution is -2.60. The predicted molar refractivity (Wildman–Crippen MR) is 120 cm³/mol.